The molecular weight excluding hydrogens is 813 g/mol. The van der Waals surface area contributed by atoms with Gasteiger partial charge in [-0.1, -0.05) is 221 Å². The molecule has 378 valence electrons. The molecule has 0 bridgehead atoms. The maximum Gasteiger partial charge on any atom is 0.306 e. The van der Waals surface area contributed by atoms with Crippen molar-refractivity contribution in [3.05, 3.63) is 97.2 Å². The fourth-order valence-electron chi connectivity index (χ4n) is 7.45. The predicted octanol–water partition coefficient (Wildman–Crippen LogP) is 19.0. The van der Waals surface area contributed by atoms with Crippen LogP contribution < -0.4 is 0 Å². The Kier molecular flexibility index (Phi) is 53.4. The maximum atomic E-state index is 12.8. The summed E-state index contributed by atoms with van der Waals surface area (Å²) in [5, 5.41) is 0. The highest BCUT2D eigenvalue weighted by Crippen LogP contribution is 2.14. The number of rotatable bonds is 50. The Bertz CT molecular complexity index is 1270. The summed E-state index contributed by atoms with van der Waals surface area (Å²) in [6.07, 6.45) is 75.6. The highest BCUT2D eigenvalue weighted by atomic mass is 16.6. The number of esters is 2. The predicted molar refractivity (Wildman–Crippen MR) is 288 cm³/mol. The van der Waals surface area contributed by atoms with Gasteiger partial charge in [0.25, 0.3) is 0 Å². The molecule has 0 aromatic carbocycles. The number of carbonyl (C=O) groups is 2. The van der Waals surface area contributed by atoms with Crippen LogP contribution in [0.2, 0.25) is 0 Å². The number of allylic oxidation sites excluding steroid dienone is 16. The van der Waals surface area contributed by atoms with Crippen molar-refractivity contribution < 1.29 is 23.8 Å². The van der Waals surface area contributed by atoms with Crippen molar-refractivity contribution in [2.24, 2.45) is 0 Å². The number of hydrogen-bond acceptors (Lipinski definition) is 5. The van der Waals surface area contributed by atoms with E-state index in [4.69, 9.17) is 14.2 Å². The van der Waals surface area contributed by atoms with Gasteiger partial charge in [0.2, 0.25) is 0 Å². The molecule has 0 aliphatic rings. The van der Waals surface area contributed by atoms with Crippen LogP contribution in [0.4, 0.5) is 0 Å². The van der Waals surface area contributed by atoms with Crippen molar-refractivity contribution in [2.75, 3.05) is 19.8 Å². The lowest BCUT2D eigenvalue weighted by atomic mass is 10.1. The quantitative estimate of drug-likeness (QED) is 0.0346. The van der Waals surface area contributed by atoms with Crippen LogP contribution in [0.5, 0.6) is 0 Å². The van der Waals surface area contributed by atoms with Gasteiger partial charge in [0.15, 0.2) is 6.10 Å². The molecule has 0 aromatic rings. The Balaban J connectivity index is 4.36. The third-order valence-corrected chi connectivity index (χ3v) is 11.6. The number of ether oxygens (including phenoxy) is 3. The van der Waals surface area contributed by atoms with E-state index in [1.54, 1.807) is 0 Å². The van der Waals surface area contributed by atoms with Crippen molar-refractivity contribution in [3.8, 4) is 0 Å². The standard InChI is InChI=1S/C61H104O5/c1-4-7-10-13-16-19-22-25-28-30-31-33-34-36-39-42-45-48-51-54-60(62)65-58-59(57-64-56-53-50-47-44-41-38-27-24-21-18-15-12-9-6-3)66-61(63)55-52-49-46-43-40-37-35-32-29-26-23-20-17-14-11-8-5-2/h7,10,12,15-16,19,21,24-26,28-29,31,33,36,39,59H,4-6,8-9,11,13-14,17-18,20,22-23,27,30,32,34-35,37-38,40-58H2,1-3H3/b10-7-,15-12-,19-16-,24-21-,28-25-,29-26-,33-31-,39-36-. The van der Waals surface area contributed by atoms with Crippen LogP contribution >= 0.6 is 0 Å². The molecule has 0 N–H and O–H groups in total. The summed E-state index contributed by atoms with van der Waals surface area (Å²) in [5.41, 5.74) is 0. The SMILES string of the molecule is CC/C=C\C/C=C\C/C=C\C/C=C\C/C=C\CCCCCC(=O)OCC(COCCCCCCCC/C=C\C/C=C\CCC)OC(=O)CCCCCCCCC/C=C\CCCCCCCC. The first-order chi connectivity index (χ1) is 32.6. The van der Waals surface area contributed by atoms with Gasteiger partial charge in [-0.25, -0.2) is 0 Å². The molecule has 0 spiro atoms. The molecule has 0 aromatic heterocycles. The smallest absolute Gasteiger partial charge is 0.306 e. The Labute approximate surface area is 409 Å². The summed E-state index contributed by atoms with van der Waals surface area (Å²) >= 11 is 0. The normalized spacial score (nSPS) is 13.0. The van der Waals surface area contributed by atoms with Crippen molar-refractivity contribution in [2.45, 2.75) is 258 Å². The zero-order chi connectivity index (χ0) is 47.7. The summed E-state index contributed by atoms with van der Waals surface area (Å²) in [6.45, 7) is 7.60. The van der Waals surface area contributed by atoms with Crippen LogP contribution in [0, 0.1) is 0 Å². The van der Waals surface area contributed by atoms with E-state index >= 15 is 0 Å². The van der Waals surface area contributed by atoms with E-state index in [1.165, 1.54) is 122 Å². The molecule has 0 amide bonds. The van der Waals surface area contributed by atoms with Gasteiger partial charge in [-0.3, -0.25) is 9.59 Å². The molecule has 0 radical (unpaired) electrons. The van der Waals surface area contributed by atoms with Crippen LogP contribution in [0.15, 0.2) is 97.2 Å². The third kappa shape index (κ3) is 53.4. The molecule has 66 heavy (non-hydrogen) atoms. The van der Waals surface area contributed by atoms with Crippen LogP contribution in [0.3, 0.4) is 0 Å². The monoisotopic (exact) mass is 917 g/mol. The minimum Gasteiger partial charge on any atom is -0.462 e. The van der Waals surface area contributed by atoms with E-state index in [1.807, 2.05) is 0 Å². The topological polar surface area (TPSA) is 61.8 Å². The number of hydrogen-bond donors (Lipinski definition) is 0. The van der Waals surface area contributed by atoms with Crippen LogP contribution in [-0.2, 0) is 23.8 Å². The lowest BCUT2D eigenvalue weighted by Gasteiger charge is -2.18. The minimum absolute atomic E-state index is 0.0579. The van der Waals surface area contributed by atoms with Crippen LogP contribution in [-0.4, -0.2) is 37.9 Å². The minimum atomic E-state index is -0.563. The Morgan fingerprint density at radius 2 is 0.712 bits per heavy atom. The van der Waals surface area contributed by atoms with Gasteiger partial charge in [-0.15, -0.1) is 0 Å². The van der Waals surface area contributed by atoms with Gasteiger partial charge in [0.05, 0.1) is 6.61 Å². The summed E-state index contributed by atoms with van der Waals surface area (Å²) in [6, 6.07) is 0. The summed E-state index contributed by atoms with van der Waals surface area (Å²) in [5.74, 6) is -0.445. The van der Waals surface area contributed by atoms with E-state index < -0.39 is 6.10 Å². The van der Waals surface area contributed by atoms with Gasteiger partial charge >= 0.3 is 11.9 Å². The summed E-state index contributed by atoms with van der Waals surface area (Å²) in [7, 11) is 0. The highest BCUT2D eigenvalue weighted by molar-refractivity contribution is 5.70. The lowest BCUT2D eigenvalue weighted by Crippen LogP contribution is -2.30. The van der Waals surface area contributed by atoms with Crippen LogP contribution in [0.1, 0.15) is 252 Å². The first kappa shape index (κ1) is 62.8. The largest absolute Gasteiger partial charge is 0.462 e. The second-order valence-electron chi connectivity index (χ2n) is 18.1. The molecule has 0 saturated carbocycles. The highest BCUT2D eigenvalue weighted by Gasteiger charge is 2.17. The fourth-order valence-corrected chi connectivity index (χ4v) is 7.45. The molecule has 0 aliphatic carbocycles. The van der Waals surface area contributed by atoms with Crippen molar-refractivity contribution in [1.29, 1.82) is 0 Å². The van der Waals surface area contributed by atoms with Gasteiger partial charge < -0.3 is 14.2 Å². The molecule has 1 atom stereocenters. The second-order valence-corrected chi connectivity index (χ2v) is 18.1. The molecular formula is C61H104O5. The molecule has 0 rings (SSSR count). The first-order valence-electron chi connectivity index (χ1n) is 27.8. The van der Waals surface area contributed by atoms with Crippen molar-refractivity contribution >= 4 is 11.9 Å². The molecule has 1 unspecified atom stereocenters. The molecule has 5 heteroatoms. The van der Waals surface area contributed by atoms with E-state index in [9.17, 15) is 9.59 Å². The average molecular weight is 917 g/mol. The van der Waals surface area contributed by atoms with Crippen molar-refractivity contribution in [1.82, 2.24) is 0 Å². The van der Waals surface area contributed by atoms with E-state index in [0.29, 0.717) is 19.4 Å². The van der Waals surface area contributed by atoms with E-state index in [-0.39, 0.29) is 25.2 Å². The molecule has 0 saturated heterocycles. The second kappa shape index (κ2) is 56.1. The Morgan fingerprint density at radius 3 is 1.18 bits per heavy atom. The lowest BCUT2D eigenvalue weighted by molar-refractivity contribution is -0.163. The number of carbonyl (C=O) groups excluding carboxylic acids is 2. The Hall–Kier alpha value is -3.18. The molecule has 0 fully saturated rings. The zero-order valence-corrected chi connectivity index (χ0v) is 43.4. The third-order valence-electron chi connectivity index (χ3n) is 11.6. The zero-order valence-electron chi connectivity index (χ0n) is 43.4. The average Bonchev–Trinajstić information content (AvgIpc) is 3.32. The summed E-state index contributed by atoms with van der Waals surface area (Å²) < 4.78 is 17.4. The van der Waals surface area contributed by atoms with Gasteiger partial charge in [-0.2, -0.15) is 0 Å². The molecule has 5 nitrogen and oxygen atoms in total. The maximum absolute atomic E-state index is 12.8. The number of unbranched alkanes of at least 4 members (excludes halogenated alkanes) is 23. The Morgan fingerprint density at radius 1 is 0.348 bits per heavy atom. The van der Waals surface area contributed by atoms with Crippen LogP contribution in [0.25, 0.3) is 0 Å². The molecule has 0 aliphatic heterocycles. The van der Waals surface area contributed by atoms with Gasteiger partial charge in [0.1, 0.15) is 6.61 Å². The fraction of sp³-hybridized carbons (Fsp3) is 0.705. The van der Waals surface area contributed by atoms with Gasteiger partial charge in [-0.05, 0) is 116 Å². The van der Waals surface area contributed by atoms with Crippen molar-refractivity contribution in [3.63, 3.8) is 0 Å². The first-order valence-corrected chi connectivity index (χ1v) is 27.8. The molecule has 0 heterocycles. The van der Waals surface area contributed by atoms with E-state index in [0.717, 1.165) is 96.3 Å². The van der Waals surface area contributed by atoms with Gasteiger partial charge in [0, 0.05) is 19.4 Å². The van der Waals surface area contributed by atoms with E-state index in [2.05, 4.69) is 118 Å². The summed E-state index contributed by atoms with van der Waals surface area (Å²) in [4.78, 5) is 25.5.